The number of aromatic nitrogens is 2. The van der Waals surface area contributed by atoms with Crippen LogP contribution in [0.15, 0.2) is 40.3 Å². The van der Waals surface area contributed by atoms with Crippen molar-refractivity contribution in [1.29, 1.82) is 0 Å². The molecule has 1 aromatic heterocycles. The second-order valence-corrected chi connectivity index (χ2v) is 9.29. The highest BCUT2D eigenvalue weighted by Gasteiger charge is 2.17. The van der Waals surface area contributed by atoms with Gasteiger partial charge < -0.3 is 10.6 Å². The number of thioether (sulfide) groups is 1. The van der Waals surface area contributed by atoms with Crippen molar-refractivity contribution in [1.82, 2.24) is 15.5 Å². The number of hydrogen-bond donors (Lipinski definition) is 2. The zero-order valence-electron chi connectivity index (χ0n) is 15.8. The fraction of sp³-hybridized carbons (Fsp3) is 0.450. The van der Waals surface area contributed by atoms with Crippen LogP contribution in [0.1, 0.15) is 44.6 Å². The standard InChI is InChI=1S/C20H26N4OS2/c1-14-8-6-7-11-17(14)22-19-23-24-20(27-19)26-15(2)18(25)21-13-12-16-9-4-3-5-10-16/h6-9,11,15H,3-5,10,12-13H2,1-2H3,(H,21,25)(H,22,23)/t15-/m0/s1. The molecule has 0 aliphatic heterocycles. The summed E-state index contributed by atoms with van der Waals surface area (Å²) in [6.45, 7) is 4.68. The Balaban J connectivity index is 1.45. The third-order valence-electron chi connectivity index (χ3n) is 4.57. The molecule has 1 aromatic carbocycles. The maximum absolute atomic E-state index is 12.3. The van der Waals surface area contributed by atoms with Gasteiger partial charge in [0.1, 0.15) is 0 Å². The number of rotatable bonds is 8. The Kier molecular flexibility index (Phi) is 7.29. The highest BCUT2D eigenvalue weighted by Crippen LogP contribution is 2.31. The van der Waals surface area contributed by atoms with E-state index in [1.54, 1.807) is 0 Å². The number of allylic oxidation sites excluding steroid dienone is 1. The van der Waals surface area contributed by atoms with Crippen molar-refractivity contribution in [3.05, 3.63) is 41.5 Å². The third-order valence-corrected chi connectivity index (χ3v) is 6.59. The first-order chi connectivity index (χ1) is 13.1. The fourth-order valence-electron chi connectivity index (χ4n) is 2.96. The van der Waals surface area contributed by atoms with Crippen LogP contribution in [0.5, 0.6) is 0 Å². The van der Waals surface area contributed by atoms with Gasteiger partial charge in [-0.25, -0.2) is 0 Å². The molecule has 0 saturated carbocycles. The van der Waals surface area contributed by atoms with Crippen molar-refractivity contribution in [2.75, 3.05) is 11.9 Å². The quantitative estimate of drug-likeness (QED) is 0.476. The first-order valence-electron chi connectivity index (χ1n) is 9.40. The van der Waals surface area contributed by atoms with E-state index in [2.05, 4.69) is 39.9 Å². The highest BCUT2D eigenvalue weighted by atomic mass is 32.2. The van der Waals surface area contributed by atoms with Crippen molar-refractivity contribution in [3.8, 4) is 0 Å². The number of amides is 1. The molecule has 0 unspecified atom stereocenters. The Morgan fingerprint density at radius 2 is 2.15 bits per heavy atom. The van der Waals surface area contributed by atoms with Gasteiger partial charge in [0.2, 0.25) is 11.0 Å². The number of benzene rings is 1. The maximum atomic E-state index is 12.3. The summed E-state index contributed by atoms with van der Waals surface area (Å²) in [6.07, 6.45) is 8.24. The van der Waals surface area contributed by atoms with Gasteiger partial charge in [-0.1, -0.05) is 52.9 Å². The number of anilines is 2. The normalized spacial score (nSPS) is 15.1. The summed E-state index contributed by atoms with van der Waals surface area (Å²) in [5.74, 6) is 0.0556. The molecule has 7 heteroatoms. The molecule has 0 bridgehead atoms. The molecule has 144 valence electrons. The first kappa shape index (κ1) is 19.9. The number of nitrogens with zero attached hydrogens (tertiary/aromatic N) is 2. The van der Waals surface area contributed by atoms with E-state index >= 15 is 0 Å². The molecule has 1 amide bonds. The lowest BCUT2D eigenvalue weighted by Gasteiger charge is -2.14. The second kappa shape index (κ2) is 9.90. The number of carbonyl (C=O) groups is 1. The van der Waals surface area contributed by atoms with E-state index in [4.69, 9.17) is 0 Å². The van der Waals surface area contributed by atoms with Crippen molar-refractivity contribution < 1.29 is 4.79 Å². The summed E-state index contributed by atoms with van der Waals surface area (Å²) in [6, 6.07) is 8.06. The van der Waals surface area contributed by atoms with Gasteiger partial charge in [-0.05, 0) is 57.6 Å². The summed E-state index contributed by atoms with van der Waals surface area (Å²) < 4.78 is 0.795. The lowest BCUT2D eigenvalue weighted by Crippen LogP contribution is -2.31. The predicted octanol–water partition coefficient (Wildman–Crippen LogP) is 5.08. The molecule has 1 atom stereocenters. The monoisotopic (exact) mass is 402 g/mol. The van der Waals surface area contributed by atoms with Crippen LogP contribution in [-0.2, 0) is 4.79 Å². The minimum atomic E-state index is -0.190. The molecule has 27 heavy (non-hydrogen) atoms. The van der Waals surface area contributed by atoms with Gasteiger partial charge in [-0.15, -0.1) is 10.2 Å². The number of aryl methyl sites for hydroxylation is 1. The van der Waals surface area contributed by atoms with Crippen molar-refractivity contribution in [2.24, 2.45) is 0 Å². The van der Waals surface area contributed by atoms with E-state index < -0.39 is 0 Å². The number of hydrogen-bond acceptors (Lipinski definition) is 6. The Labute approximate surface area is 169 Å². The highest BCUT2D eigenvalue weighted by molar-refractivity contribution is 8.02. The molecular weight excluding hydrogens is 376 g/mol. The van der Waals surface area contributed by atoms with Gasteiger partial charge in [0.25, 0.3) is 0 Å². The lowest BCUT2D eigenvalue weighted by molar-refractivity contribution is -0.120. The summed E-state index contributed by atoms with van der Waals surface area (Å²) in [5.41, 5.74) is 3.66. The molecule has 0 spiro atoms. The molecule has 1 aliphatic rings. The summed E-state index contributed by atoms with van der Waals surface area (Å²) >= 11 is 2.92. The predicted molar refractivity (Wildman–Crippen MR) is 114 cm³/mol. The Bertz CT molecular complexity index is 803. The molecular formula is C20H26N4OS2. The zero-order valence-corrected chi connectivity index (χ0v) is 17.5. The van der Waals surface area contributed by atoms with E-state index in [9.17, 15) is 4.79 Å². The Morgan fingerprint density at radius 3 is 2.93 bits per heavy atom. The number of nitrogens with one attached hydrogen (secondary N) is 2. The third kappa shape index (κ3) is 6.07. The van der Waals surface area contributed by atoms with E-state index in [1.165, 1.54) is 54.4 Å². The lowest BCUT2D eigenvalue weighted by atomic mass is 9.97. The van der Waals surface area contributed by atoms with E-state index in [0.717, 1.165) is 27.1 Å². The SMILES string of the molecule is Cc1ccccc1Nc1nnc(S[C@@H](C)C(=O)NCCC2=CCCCC2)s1. The smallest absolute Gasteiger partial charge is 0.233 e. The minimum Gasteiger partial charge on any atom is -0.355 e. The summed E-state index contributed by atoms with van der Waals surface area (Å²) in [5, 5.41) is 15.3. The Hall–Kier alpha value is -1.86. The first-order valence-corrected chi connectivity index (χ1v) is 11.1. The molecule has 3 rings (SSSR count). The van der Waals surface area contributed by atoms with Crippen molar-refractivity contribution in [2.45, 2.75) is 55.5 Å². The van der Waals surface area contributed by atoms with Crippen LogP contribution in [0, 0.1) is 6.92 Å². The minimum absolute atomic E-state index is 0.0556. The van der Waals surface area contributed by atoms with Crippen LogP contribution >= 0.6 is 23.1 Å². The molecule has 1 heterocycles. The largest absolute Gasteiger partial charge is 0.355 e. The number of para-hydroxylation sites is 1. The second-order valence-electron chi connectivity index (χ2n) is 6.72. The Morgan fingerprint density at radius 1 is 1.30 bits per heavy atom. The van der Waals surface area contributed by atoms with Gasteiger partial charge in [0.05, 0.1) is 5.25 Å². The molecule has 0 fully saturated rings. The van der Waals surface area contributed by atoms with E-state index in [-0.39, 0.29) is 11.2 Å². The molecule has 2 N–H and O–H groups in total. The maximum Gasteiger partial charge on any atom is 0.233 e. The van der Waals surface area contributed by atoms with Crippen molar-refractivity contribution in [3.63, 3.8) is 0 Å². The van der Waals surface area contributed by atoms with Crippen LogP contribution in [-0.4, -0.2) is 27.9 Å². The average molecular weight is 403 g/mol. The van der Waals surface area contributed by atoms with Gasteiger partial charge in [0, 0.05) is 12.2 Å². The topological polar surface area (TPSA) is 66.9 Å². The summed E-state index contributed by atoms with van der Waals surface area (Å²) in [7, 11) is 0. The molecule has 0 saturated heterocycles. The zero-order chi connectivity index (χ0) is 19.1. The van der Waals surface area contributed by atoms with Crippen LogP contribution in [0.4, 0.5) is 10.8 Å². The van der Waals surface area contributed by atoms with Crippen molar-refractivity contribution >= 4 is 39.8 Å². The molecule has 2 aromatic rings. The molecule has 5 nitrogen and oxygen atoms in total. The average Bonchev–Trinajstić information content (AvgIpc) is 3.11. The van der Waals surface area contributed by atoms with Gasteiger partial charge in [-0.2, -0.15) is 0 Å². The van der Waals surface area contributed by atoms with Crippen LogP contribution in [0.25, 0.3) is 0 Å². The number of carbonyl (C=O) groups excluding carboxylic acids is 1. The van der Waals surface area contributed by atoms with Gasteiger partial charge in [-0.3, -0.25) is 4.79 Å². The van der Waals surface area contributed by atoms with E-state index in [1.807, 2.05) is 25.1 Å². The van der Waals surface area contributed by atoms with Gasteiger partial charge in [0.15, 0.2) is 4.34 Å². The van der Waals surface area contributed by atoms with Gasteiger partial charge >= 0.3 is 0 Å². The van der Waals surface area contributed by atoms with E-state index in [0.29, 0.717) is 6.54 Å². The van der Waals surface area contributed by atoms with Crippen LogP contribution in [0.2, 0.25) is 0 Å². The summed E-state index contributed by atoms with van der Waals surface area (Å²) in [4.78, 5) is 12.3. The molecule has 0 radical (unpaired) electrons. The molecule has 1 aliphatic carbocycles. The van der Waals surface area contributed by atoms with Crippen LogP contribution < -0.4 is 10.6 Å². The fourth-order valence-corrected chi connectivity index (χ4v) is 4.90. The van der Waals surface area contributed by atoms with Crippen LogP contribution in [0.3, 0.4) is 0 Å².